The number of halogens is 1. The molecule has 3 aromatic carbocycles. The highest BCUT2D eigenvalue weighted by molar-refractivity contribution is 6.30. The number of aliphatic hydroxyl groups is 1. The minimum atomic E-state index is -1.18. The summed E-state index contributed by atoms with van der Waals surface area (Å²) >= 11 is 5.92. The Labute approximate surface area is 147 Å². The first-order chi connectivity index (χ1) is 11.5. The molecule has 0 unspecified atom stereocenters. The molecule has 2 nitrogen and oxygen atoms in total. The molecule has 3 N–H and O–H groups in total. The number of nitrogens with two attached hydrogens (primary N) is 1. The second-order valence-electron chi connectivity index (χ2n) is 6.12. The normalized spacial score (nSPS) is 14.8. The van der Waals surface area contributed by atoms with Gasteiger partial charge in [-0.3, -0.25) is 0 Å². The molecular weight excluding hydrogens is 318 g/mol. The Bertz CT molecular complexity index is 796. The molecule has 0 bridgehead atoms. The summed E-state index contributed by atoms with van der Waals surface area (Å²) < 4.78 is 0. The fourth-order valence-corrected chi connectivity index (χ4v) is 2.93. The van der Waals surface area contributed by atoms with Crippen molar-refractivity contribution >= 4 is 11.6 Å². The van der Waals surface area contributed by atoms with E-state index in [-0.39, 0.29) is 0 Å². The van der Waals surface area contributed by atoms with E-state index in [1.165, 1.54) is 0 Å². The fourth-order valence-electron chi connectivity index (χ4n) is 2.80. The van der Waals surface area contributed by atoms with Gasteiger partial charge in [-0.15, -0.1) is 0 Å². The summed E-state index contributed by atoms with van der Waals surface area (Å²) in [6.45, 7) is 1.74. The third-order valence-corrected chi connectivity index (χ3v) is 4.66. The number of benzene rings is 3. The van der Waals surface area contributed by atoms with Crippen LogP contribution in [0.15, 0.2) is 78.9 Å². The maximum absolute atomic E-state index is 11.0. The first-order valence-corrected chi connectivity index (χ1v) is 8.25. The molecular formula is C21H20ClNO. The Balaban J connectivity index is 1.88. The van der Waals surface area contributed by atoms with Crippen LogP contribution in [0.3, 0.4) is 0 Å². The van der Waals surface area contributed by atoms with E-state index in [1.807, 2.05) is 54.6 Å². The Morgan fingerprint density at radius 1 is 0.833 bits per heavy atom. The number of hydrogen-bond acceptors (Lipinski definition) is 2. The standard InChI is InChI=1S/C21H20ClNO/c1-21(24,20(23)17-9-13-19(22)14-10-17)18-11-7-16(8-12-18)15-5-3-2-4-6-15/h2-14,20,24H,23H2,1H3/t20-,21+/m0/s1. The molecule has 0 fully saturated rings. The summed E-state index contributed by atoms with van der Waals surface area (Å²) in [6, 6.07) is 24.7. The molecule has 2 atom stereocenters. The molecule has 0 aliphatic heterocycles. The molecule has 0 radical (unpaired) electrons. The summed E-state index contributed by atoms with van der Waals surface area (Å²) in [5.74, 6) is 0. The number of hydrogen-bond donors (Lipinski definition) is 2. The zero-order valence-corrected chi connectivity index (χ0v) is 14.2. The van der Waals surface area contributed by atoms with Crippen LogP contribution in [0.4, 0.5) is 0 Å². The minimum Gasteiger partial charge on any atom is -0.383 e. The molecule has 0 amide bonds. The van der Waals surface area contributed by atoms with Crippen LogP contribution in [-0.2, 0) is 5.60 Å². The van der Waals surface area contributed by atoms with Gasteiger partial charge in [0.25, 0.3) is 0 Å². The Morgan fingerprint density at radius 2 is 1.38 bits per heavy atom. The highest BCUT2D eigenvalue weighted by Crippen LogP contribution is 2.34. The van der Waals surface area contributed by atoms with Crippen LogP contribution in [0.2, 0.25) is 5.02 Å². The monoisotopic (exact) mass is 337 g/mol. The smallest absolute Gasteiger partial charge is 0.106 e. The highest BCUT2D eigenvalue weighted by atomic mass is 35.5. The molecule has 0 aliphatic carbocycles. The lowest BCUT2D eigenvalue weighted by molar-refractivity contribution is 0.0283. The van der Waals surface area contributed by atoms with Crippen LogP contribution in [0.25, 0.3) is 11.1 Å². The largest absolute Gasteiger partial charge is 0.383 e. The van der Waals surface area contributed by atoms with Gasteiger partial charge in [0, 0.05) is 5.02 Å². The fraction of sp³-hybridized carbons (Fsp3) is 0.143. The molecule has 3 aromatic rings. The molecule has 122 valence electrons. The van der Waals surface area contributed by atoms with Gasteiger partial charge in [0.05, 0.1) is 6.04 Å². The van der Waals surface area contributed by atoms with E-state index in [1.54, 1.807) is 19.1 Å². The zero-order chi connectivity index (χ0) is 17.2. The van der Waals surface area contributed by atoms with E-state index >= 15 is 0 Å². The highest BCUT2D eigenvalue weighted by Gasteiger charge is 2.32. The number of rotatable bonds is 4. The van der Waals surface area contributed by atoms with Crippen LogP contribution in [0, 0.1) is 0 Å². The van der Waals surface area contributed by atoms with Gasteiger partial charge in [-0.25, -0.2) is 0 Å². The lowest BCUT2D eigenvalue weighted by Crippen LogP contribution is -2.35. The van der Waals surface area contributed by atoms with E-state index in [2.05, 4.69) is 12.1 Å². The van der Waals surface area contributed by atoms with E-state index in [0.29, 0.717) is 5.02 Å². The second-order valence-corrected chi connectivity index (χ2v) is 6.56. The van der Waals surface area contributed by atoms with E-state index in [9.17, 15) is 5.11 Å². The molecule has 24 heavy (non-hydrogen) atoms. The summed E-state index contributed by atoms with van der Waals surface area (Å²) in [5.41, 5.74) is 9.01. The molecule has 0 spiro atoms. The molecule has 3 heteroatoms. The van der Waals surface area contributed by atoms with Crippen molar-refractivity contribution in [1.29, 1.82) is 0 Å². The van der Waals surface area contributed by atoms with Gasteiger partial charge in [0.1, 0.15) is 5.60 Å². The van der Waals surface area contributed by atoms with Crippen molar-refractivity contribution < 1.29 is 5.11 Å². The van der Waals surface area contributed by atoms with Crippen LogP contribution >= 0.6 is 11.6 Å². The van der Waals surface area contributed by atoms with Crippen LogP contribution in [-0.4, -0.2) is 5.11 Å². The maximum Gasteiger partial charge on any atom is 0.106 e. The van der Waals surface area contributed by atoms with Crippen LogP contribution in [0.1, 0.15) is 24.1 Å². The first kappa shape index (κ1) is 16.7. The topological polar surface area (TPSA) is 46.2 Å². The third-order valence-electron chi connectivity index (χ3n) is 4.41. The second kappa shape index (κ2) is 6.78. The quantitative estimate of drug-likeness (QED) is 0.710. The lowest BCUT2D eigenvalue weighted by atomic mass is 9.84. The summed E-state index contributed by atoms with van der Waals surface area (Å²) in [4.78, 5) is 0. The van der Waals surface area contributed by atoms with Crippen LogP contribution < -0.4 is 5.73 Å². The Hall–Kier alpha value is -2.13. The van der Waals surface area contributed by atoms with Crippen molar-refractivity contribution in [3.8, 4) is 11.1 Å². The van der Waals surface area contributed by atoms with Crippen molar-refractivity contribution in [3.63, 3.8) is 0 Å². The Morgan fingerprint density at radius 3 is 1.96 bits per heavy atom. The summed E-state index contributed by atoms with van der Waals surface area (Å²) in [6.07, 6.45) is 0. The molecule has 0 aliphatic rings. The molecule has 0 aromatic heterocycles. The average molecular weight is 338 g/mol. The lowest BCUT2D eigenvalue weighted by Gasteiger charge is -2.31. The van der Waals surface area contributed by atoms with Gasteiger partial charge in [-0.2, -0.15) is 0 Å². The predicted octanol–water partition coefficient (Wildman–Crippen LogP) is 4.91. The van der Waals surface area contributed by atoms with Crippen molar-refractivity contribution in [3.05, 3.63) is 95.0 Å². The van der Waals surface area contributed by atoms with E-state index in [4.69, 9.17) is 17.3 Å². The van der Waals surface area contributed by atoms with Crippen LogP contribution in [0.5, 0.6) is 0 Å². The molecule has 0 saturated heterocycles. The van der Waals surface area contributed by atoms with Gasteiger partial charge in [-0.05, 0) is 41.3 Å². The Kier molecular flexibility index (Phi) is 4.72. The SMILES string of the molecule is C[C@@](O)(c1ccc(-c2ccccc2)cc1)[C@@H](N)c1ccc(Cl)cc1. The molecule has 0 heterocycles. The minimum absolute atomic E-state index is 0.544. The third kappa shape index (κ3) is 3.36. The van der Waals surface area contributed by atoms with Crippen molar-refractivity contribution in [2.45, 2.75) is 18.6 Å². The summed E-state index contributed by atoms with van der Waals surface area (Å²) in [7, 11) is 0. The van der Waals surface area contributed by atoms with E-state index < -0.39 is 11.6 Å². The van der Waals surface area contributed by atoms with Gasteiger partial charge in [-0.1, -0.05) is 78.3 Å². The van der Waals surface area contributed by atoms with Gasteiger partial charge < -0.3 is 10.8 Å². The molecule has 0 saturated carbocycles. The van der Waals surface area contributed by atoms with Crippen molar-refractivity contribution in [2.24, 2.45) is 5.73 Å². The summed E-state index contributed by atoms with van der Waals surface area (Å²) in [5, 5.41) is 11.6. The zero-order valence-electron chi connectivity index (χ0n) is 13.5. The first-order valence-electron chi connectivity index (χ1n) is 7.88. The predicted molar refractivity (Wildman–Crippen MR) is 99.8 cm³/mol. The van der Waals surface area contributed by atoms with Gasteiger partial charge in [0.15, 0.2) is 0 Å². The van der Waals surface area contributed by atoms with E-state index in [0.717, 1.165) is 22.3 Å². The van der Waals surface area contributed by atoms with Gasteiger partial charge >= 0.3 is 0 Å². The van der Waals surface area contributed by atoms with Gasteiger partial charge in [0.2, 0.25) is 0 Å². The van der Waals surface area contributed by atoms with Crippen molar-refractivity contribution in [2.75, 3.05) is 0 Å². The average Bonchev–Trinajstić information content (AvgIpc) is 2.62. The molecule has 3 rings (SSSR count). The maximum atomic E-state index is 11.0. The van der Waals surface area contributed by atoms with Crippen molar-refractivity contribution in [1.82, 2.24) is 0 Å².